The van der Waals surface area contributed by atoms with Gasteiger partial charge in [-0.3, -0.25) is 9.36 Å². The minimum Gasteiger partial charge on any atom is -0.465 e. The molecule has 0 aliphatic carbocycles. The Kier molecular flexibility index (Phi) is 6.52. The summed E-state index contributed by atoms with van der Waals surface area (Å²) in [4.78, 5) is 35.2. The minimum absolute atomic E-state index is 0.246. The molecule has 0 N–H and O–H groups in total. The molecule has 0 saturated carbocycles. The summed E-state index contributed by atoms with van der Waals surface area (Å²) in [5.41, 5.74) is 4.07. The average molecular weight is 492 g/mol. The molecule has 37 heavy (non-hydrogen) atoms. The number of ether oxygens (including phenoxy) is 1. The molecule has 0 fully saturated rings. The number of methoxy groups -OCH3 is 1. The number of esters is 1. The summed E-state index contributed by atoms with van der Waals surface area (Å²) in [6.07, 6.45) is 4.23. The van der Waals surface area contributed by atoms with Crippen molar-refractivity contribution >= 4 is 27.9 Å². The van der Waals surface area contributed by atoms with Crippen molar-refractivity contribution in [2.24, 2.45) is 0 Å². The quantitative estimate of drug-likeness (QED) is 0.304. The van der Waals surface area contributed by atoms with Crippen LogP contribution in [0.4, 0.5) is 0 Å². The fourth-order valence-electron chi connectivity index (χ4n) is 4.60. The molecule has 5 rings (SSSR count). The Morgan fingerprint density at radius 1 is 1.08 bits per heavy atom. The lowest BCUT2D eigenvalue weighted by molar-refractivity contribution is 0.0602. The summed E-state index contributed by atoms with van der Waals surface area (Å²) in [5, 5.41) is 9.90. The Morgan fingerprint density at radius 3 is 2.70 bits per heavy atom. The smallest absolute Gasteiger partial charge is 0.340 e. The average Bonchev–Trinajstić information content (AvgIpc) is 3.28. The molecule has 0 atom stereocenters. The highest BCUT2D eigenvalue weighted by Gasteiger charge is 2.19. The van der Waals surface area contributed by atoms with Gasteiger partial charge in [0.1, 0.15) is 18.2 Å². The number of imidazole rings is 1. The van der Waals surface area contributed by atoms with Gasteiger partial charge in [0, 0.05) is 13.0 Å². The normalized spacial score (nSPS) is 11.1. The van der Waals surface area contributed by atoms with Crippen molar-refractivity contribution in [1.29, 1.82) is 5.26 Å². The Labute approximate surface area is 213 Å². The van der Waals surface area contributed by atoms with Gasteiger partial charge in [0.2, 0.25) is 0 Å². The van der Waals surface area contributed by atoms with E-state index in [1.165, 1.54) is 18.0 Å². The predicted octanol–water partition coefficient (Wildman–Crippen LogP) is 4.78. The van der Waals surface area contributed by atoms with Crippen LogP contribution in [0.5, 0.6) is 0 Å². The third-order valence-corrected chi connectivity index (χ3v) is 6.45. The van der Waals surface area contributed by atoms with Crippen molar-refractivity contribution in [3.63, 3.8) is 0 Å². The van der Waals surface area contributed by atoms with Gasteiger partial charge in [-0.05, 0) is 48.4 Å². The van der Waals surface area contributed by atoms with Gasteiger partial charge < -0.3 is 9.30 Å². The molecule has 3 aromatic carbocycles. The molecule has 0 aliphatic heterocycles. The lowest BCUT2D eigenvalue weighted by Crippen LogP contribution is -2.20. The Balaban J connectivity index is 1.60. The zero-order valence-corrected chi connectivity index (χ0v) is 20.6. The maximum Gasteiger partial charge on any atom is 0.340 e. The van der Waals surface area contributed by atoms with Crippen molar-refractivity contribution in [2.45, 2.75) is 32.7 Å². The summed E-state index contributed by atoms with van der Waals surface area (Å²) in [6, 6.07) is 20.1. The molecule has 0 bridgehead atoms. The molecular weight excluding hydrogens is 466 g/mol. The van der Waals surface area contributed by atoms with Crippen molar-refractivity contribution in [1.82, 2.24) is 19.1 Å². The number of hydrogen-bond acceptors (Lipinski definition) is 6. The molecule has 8 nitrogen and oxygen atoms in total. The fraction of sp³-hybridized carbons (Fsp3) is 0.207. The zero-order chi connectivity index (χ0) is 25.9. The predicted molar refractivity (Wildman–Crippen MR) is 141 cm³/mol. The van der Waals surface area contributed by atoms with Gasteiger partial charge in [-0.2, -0.15) is 5.26 Å². The van der Waals surface area contributed by atoms with Gasteiger partial charge >= 0.3 is 5.97 Å². The van der Waals surface area contributed by atoms with Gasteiger partial charge in [0.25, 0.3) is 5.56 Å². The van der Waals surface area contributed by atoms with Crippen molar-refractivity contribution in [3.8, 4) is 11.8 Å². The first kappa shape index (κ1) is 23.9. The van der Waals surface area contributed by atoms with Gasteiger partial charge in [0.15, 0.2) is 0 Å². The molecule has 184 valence electrons. The van der Waals surface area contributed by atoms with Crippen LogP contribution < -0.4 is 5.56 Å². The van der Waals surface area contributed by atoms with E-state index >= 15 is 0 Å². The molecule has 0 spiro atoms. The maximum atomic E-state index is 13.3. The number of hydrogen-bond donors (Lipinski definition) is 0. The number of nitriles is 1. The topological polar surface area (TPSA) is 103 Å². The summed E-state index contributed by atoms with van der Waals surface area (Å²) >= 11 is 0. The number of aryl methyl sites for hydroxylation is 1. The third-order valence-electron chi connectivity index (χ3n) is 6.45. The number of unbranched alkanes of at least 4 members (excludes halogenated alkanes) is 1. The minimum atomic E-state index is -0.410. The van der Waals surface area contributed by atoms with E-state index in [9.17, 15) is 14.9 Å². The second-order valence-corrected chi connectivity index (χ2v) is 8.78. The molecule has 0 aliphatic rings. The highest BCUT2D eigenvalue weighted by Crippen LogP contribution is 2.25. The van der Waals surface area contributed by atoms with E-state index in [0.717, 1.165) is 41.7 Å². The van der Waals surface area contributed by atoms with Crippen molar-refractivity contribution in [2.75, 3.05) is 7.11 Å². The van der Waals surface area contributed by atoms with Crippen LogP contribution in [-0.4, -0.2) is 32.2 Å². The first-order valence-electron chi connectivity index (χ1n) is 12.1. The third kappa shape index (κ3) is 4.36. The maximum absolute atomic E-state index is 13.3. The Bertz CT molecular complexity index is 1740. The molecule has 8 heteroatoms. The summed E-state index contributed by atoms with van der Waals surface area (Å²) in [7, 11) is 1.37. The monoisotopic (exact) mass is 491 g/mol. The number of carbonyl (C=O) groups excluding carboxylic acids is 1. The van der Waals surface area contributed by atoms with Crippen LogP contribution in [0, 0.1) is 11.3 Å². The Hall–Kier alpha value is -4.77. The number of benzene rings is 3. The number of para-hydroxylation sites is 2. The first-order chi connectivity index (χ1) is 18.0. The lowest BCUT2D eigenvalue weighted by atomic mass is 10.1. The Morgan fingerprint density at radius 2 is 1.92 bits per heavy atom. The van der Waals surface area contributed by atoms with Crippen LogP contribution in [0.25, 0.3) is 27.6 Å². The van der Waals surface area contributed by atoms with E-state index in [2.05, 4.69) is 22.5 Å². The summed E-state index contributed by atoms with van der Waals surface area (Å²) in [5.74, 6) is 0.483. The SMILES string of the molecule is CCCCc1nc2cccc(C(=O)OC)c2n1Cc1ccc2c(=O)n(-c3ccccc3C#N)cnc2c1. The van der Waals surface area contributed by atoms with Crippen LogP contribution >= 0.6 is 0 Å². The molecule has 0 unspecified atom stereocenters. The van der Waals surface area contributed by atoms with E-state index in [1.807, 2.05) is 24.3 Å². The van der Waals surface area contributed by atoms with Crippen molar-refractivity contribution < 1.29 is 9.53 Å². The van der Waals surface area contributed by atoms with Crippen LogP contribution in [0.15, 0.2) is 71.8 Å². The van der Waals surface area contributed by atoms with Crippen molar-refractivity contribution in [3.05, 3.63) is 99.9 Å². The van der Waals surface area contributed by atoms with Gasteiger partial charge in [-0.25, -0.2) is 14.8 Å². The lowest BCUT2D eigenvalue weighted by Gasteiger charge is -2.13. The fourth-order valence-corrected chi connectivity index (χ4v) is 4.60. The number of aromatic nitrogens is 4. The van der Waals surface area contributed by atoms with Crippen LogP contribution in [0.3, 0.4) is 0 Å². The number of carbonyl (C=O) groups is 1. The van der Waals surface area contributed by atoms with Gasteiger partial charge in [-0.1, -0.05) is 37.6 Å². The molecule has 5 aromatic rings. The highest BCUT2D eigenvalue weighted by atomic mass is 16.5. The number of fused-ring (bicyclic) bond motifs is 2. The molecule has 2 heterocycles. The molecule has 2 aromatic heterocycles. The van der Waals surface area contributed by atoms with E-state index in [-0.39, 0.29) is 5.56 Å². The summed E-state index contributed by atoms with van der Waals surface area (Å²) in [6.45, 7) is 2.59. The first-order valence-corrected chi connectivity index (χ1v) is 12.1. The summed E-state index contributed by atoms with van der Waals surface area (Å²) < 4.78 is 8.48. The van der Waals surface area contributed by atoms with Crippen LogP contribution in [0.1, 0.15) is 47.1 Å². The molecular formula is C29H25N5O3. The number of nitrogens with zero attached hydrogens (tertiary/aromatic N) is 5. The van der Waals surface area contributed by atoms with Crippen LogP contribution in [-0.2, 0) is 17.7 Å². The van der Waals surface area contributed by atoms with Gasteiger partial charge in [0.05, 0.1) is 45.9 Å². The standard InChI is InChI=1S/C29H25N5O3/c1-3-4-12-26-32-23-10-7-9-22(29(36)37-2)27(23)33(26)17-19-13-14-21-24(15-19)31-18-34(28(21)35)25-11-6-5-8-20(25)16-30/h5-11,13-15,18H,3-4,12,17H2,1-2H3. The number of rotatable bonds is 7. The largest absolute Gasteiger partial charge is 0.465 e. The second-order valence-electron chi connectivity index (χ2n) is 8.78. The van der Waals surface area contributed by atoms with E-state index in [4.69, 9.17) is 9.72 Å². The van der Waals surface area contributed by atoms with E-state index in [0.29, 0.717) is 34.3 Å². The second kappa shape index (κ2) is 10.1. The van der Waals surface area contributed by atoms with E-state index in [1.54, 1.807) is 36.4 Å². The van der Waals surface area contributed by atoms with Gasteiger partial charge in [-0.15, -0.1) is 0 Å². The molecule has 0 amide bonds. The molecule has 0 saturated heterocycles. The van der Waals surface area contributed by atoms with E-state index < -0.39 is 5.97 Å². The molecule has 0 radical (unpaired) electrons. The zero-order valence-electron chi connectivity index (χ0n) is 20.6. The van der Waals surface area contributed by atoms with Crippen LogP contribution in [0.2, 0.25) is 0 Å². The highest BCUT2D eigenvalue weighted by molar-refractivity contribution is 6.02.